The Morgan fingerprint density at radius 3 is 2.63 bits per heavy atom. The molecule has 2 heterocycles. The van der Waals surface area contributed by atoms with Gasteiger partial charge in [0.1, 0.15) is 18.7 Å². The first-order valence-corrected chi connectivity index (χ1v) is 11.9. The summed E-state index contributed by atoms with van der Waals surface area (Å²) < 4.78 is 17.0. The van der Waals surface area contributed by atoms with Crippen LogP contribution >= 0.6 is 23.8 Å². The van der Waals surface area contributed by atoms with Crippen LogP contribution < -0.4 is 20.1 Å². The van der Waals surface area contributed by atoms with E-state index < -0.39 is 0 Å². The van der Waals surface area contributed by atoms with Crippen LogP contribution in [-0.4, -0.2) is 29.2 Å². The SMILES string of the molecule is CC(C)c1ccc2oc(-c3ccc(Cl)c(NC(=S)NC(=O)c4ccc5c(c4)OCCO5)c3)nc2c1. The number of halogens is 1. The number of ether oxygens (including phenoxy) is 2. The maximum absolute atomic E-state index is 12.7. The fraction of sp³-hybridized carbons (Fsp3) is 0.192. The first-order valence-electron chi connectivity index (χ1n) is 11.1. The zero-order valence-electron chi connectivity index (χ0n) is 19.1. The number of benzene rings is 3. The lowest BCUT2D eigenvalue weighted by Crippen LogP contribution is -2.34. The van der Waals surface area contributed by atoms with Crippen LogP contribution in [0.5, 0.6) is 11.5 Å². The van der Waals surface area contributed by atoms with Crippen molar-refractivity contribution < 1.29 is 18.7 Å². The average Bonchev–Trinajstić information content (AvgIpc) is 3.28. The highest BCUT2D eigenvalue weighted by molar-refractivity contribution is 7.80. The van der Waals surface area contributed by atoms with Gasteiger partial charge in [0.05, 0.1) is 10.7 Å². The number of rotatable bonds is 4. The molecule has 0 aliphatic carbocycles. The number of carbonyl (C=O) groups is 1. The lowest BCUT2D eigenvalue weighted by atomic mass is 10.0. The summed E-state index contributed by atoms with van der Waals surface area (Å²) in [5, 5.41) is 6.18. The van der Waals surface area contributed by atoms with E-state index in [9.17, 15) is 4.79 Å². The molecule has 0 spiro atoms. The molecule has 178 valence electrons. The third kappa shape index (κ3) is 4.94. The van der Waals surface area contributed by atoms with Crippen LogP contribution in [0.3, 0.4) is 0 Å². The fourth-order valence-electron chi connectivity index (χ4n) is 3.69. The highest BCUT2D eigenvalue weighted by atomic mass is 35.5. The van der Waals surface area contributed by atoms with Crippen molar-refractivity contribution in [1.82, 2.24) is 10.3 Å². The average molecular weight is 508 g/mol. The van der Waals surface area contributed by atoms with E-state index in [4.69, 9.17) is 37.7 Å². The van der Waals surface area contributed by atoms with Crippen molar-refractivity contribution in [3.8, 4) is 23.0 Å². The Labute approximate surface area is 212 Å². The number of carbonyl (C=O) groups excluding carboxylic acids is 1. The number of hydrogen-bond acceptors (Lipinski definition) is 6. The Bertz CT molecular complexity index is 1450. The van der Waals surface area contributed by atoms with Gasteiger partial charge < -0.3 is 19.2 Å². The van der Waals surface area contributed by atoms with Crippen molar-refractivity contribution in [2.75, 3.05) is 18.5 Å². The molecule has 7 nitrogen and oxygen atoms in total. The van der Waals surface area contributed by atoms with Crippen molar-refractivity contribution in [2.45, 2.75) is 19.8 Å². The van der Waals surface area contributed by atoms with Gasteiger partial charge in [0, 0.05) is 11.1 Å². The first-order chi connectivity index (χ1) is 16.9. The van der Waals surface area contributed by atoms with Gasteiger partial charge >= 0.3 is 0 Å². The second-order valence-electron chi connectivity index (χ2n) is 8.36. The van der Waals surface area contributed by atoms with Crippen molar-refractivity contribution in [3.63, 3.8) is 0 Å². The predicted molar refractivity (Wildman–Crippen MR) is 140 cm³/mol. The van der Waals surface area contributed by atoms with E-state index in [1.165, 1.54) is 5.56 Å². The molecule has 35 heavy (non-hydrogen) atoms. The van der Waals surface area contributed by atoms with Crippen molar-refractivity contribution in [2.24, 2.45) is 0 Å². The van der Waals surface area contributed by atoms with Gasteiger partial charge in [0.25, 0.3) is 5.91 Å². The molecule has 0 saturated heterocycles. The Balaban J connectivity index is 1.32. The van der Waals surface area contributed by atoms with Crippen molar-refractivity contribution in [1.29, 1.82) is 0 Å². The maximum Gasteiger partial charge on any atom is 0.257 e. The second-order valence-corrected chi connectivity index (χ2v) is 9.18. The van der Waals surface area contributed by atoms with E-state index in [1.54, 1.807) is 30.3 Å². The quantitative estimate of drug-likeness (QED) is 0.319. The minimum atomic E-state index is -0.383. The molecule has 4 aromatic rings. The zero-order valence-corrected chi connectivity index (χ0v) is 20.6. The Kier molecular flexibility index (Phi) is 6.32. The lowest BCUT2D eigenvalue weighted by molar-refractivity contribution is 0.0976. The van der Waals surface area contributed by atoms with Gasteiger partial charge in [-0.15, -0.1) is 0 Å². The third-order valence-electron chi connectivity index (χ3n) is 5.57. The standard InChI is InChI=1S/C26H22ClN3O4S/c1-14(2)15-4-7-21-20(11-15)28-25(34-21)17-3-6-18(27)19(12-17)29-26(35)30-24(31)16-5-8-22-23(13-16)33-10-9-32-22/h3-8,11-14H,9-10H2,1-2H3,(H2,29,30,31,35). The van der Waals surface area contributed by atoms with Crippen molar-refractivity contribution >= 4 is 51.6 Å². The molecule has 0 bridgehead atoms. The molecule has 0 fully saturated rings. The maximum atomic E-state index is 12.7. The predicted octanol–water partition coefficient (Wildman–Crippen LogP) is 6.17. The summed E-state index contributed by atoms with van der Waals surface area (Å²) in [5.74, 6) is 1.61. The second kappa shape index (κ2) is 9.56. The third-order valence-corrected chi connectivity index (χ3v) is 6.10. The lowest BCUT2D eigenvalue weighted by Gasteiger charge is -2.18. The molecule has 1 aliphatic rings. The Morgan fingerprint density at radius 2 is 1.83 bits per heavy atom. The summed E-state index contributed by atoms with van der Waals surface area (Å²) in [6.45, 7) is 5.18. The number of anilines is 1. The summed E-state index contributed by atoms with van der Waals surface area (Å²) in [6, 6.07) is 16.3. The molecule has 0 unspecified atom stereocenters. The van der Waals surface area contributed by atoms with Gasteiger partial charge in [-0.3, -0.25) is 10.1 Å². The number of aromatic nitrogens is 1. The minimum Gasteiger partial charge on any atom is -0.486 e. The van der Waals surface area contributed by atoms with Crippen LogP contribution in [0.4, 0.5) is 5.69 Å². The van der Waals surface area contributed by atoms with Gasteiger partial charge in [0.2, 0.25) is 5.89 Å². The smallest absolute Gasteiger partial charge is 0.257 e. The molecule has 1 aliphatic heterocycles. The number of oxazole rings is 1. The van der Waals surface area contributed by atoms with Gasteiger partial charge in [-0.2, -0.15) is 0 Å². The monoisotopic (exact) mass is 507 g/mol. The Hall–Kier alpha value is -3.62. The summed E-state index contributed by atoms with van der Waals surface area (Å²) in [6.07, 6.45) is 0. The number of hydrogen-bond donors (Lipinski definition) is 2. The van der Waals surface area contributed by atoms with E-state index in [-0.39, 0.29) is 11.0 Å². The van der Waals surface area contributed by atoms with Crippen LogP contribution in [-0.2, 0) is 0 Å². The topological polar surface area (TPSA) is 85.6 Å². The number of amides is 1. The highest BCUT2D eigenvalue weighted by Crippen LogP contribution is 2.32. The molecule has 9 heteroatoms. The molecule has 1 amide bonds. The molecular weight excluding hydrogens is 486 g/mol. The summed E-state index contributed by atoms with van der Waals surface area (Å²) in [5.41, 5.74) is 4.32. The molecule has 1 aromatic heterocycles. The molecule has 2 N–H and O–H groups in total. The van der Waals surface area contributed by atoms with Crippen LogP contribution in [0.1, 0.15) is 35.7 Å². The van der Waals surface area contributed by atoms with E-state index in [0.29, 0.717) is 58.4 Å². The van der Waals surface area contributed by atoms with E-state index in [0.717, 1.165) is 11.1 Å². The van der Waals surface area contributed by atoms with Crippen LogP contribution in [0, 0.1) is 0 Å². The normalized spacial score (nSPS) is 12.6. The number of nitrogens with zero attached hydrogens (tertiary/aromatic N) is 1. The fourth-order valence-corrected chi connectivity index (χ4v) is 4.06. The zero-order chi connectivity index (χ0) is 24.5. The Morgan fingerprint density at radius 1 is 1.03 bits per heavy atom. The van der Waals surface area contributed by atoms with E-state index >= 15 is 0 Å². The van der Waals surface area contributed by atoms with E-state index in [1.807, 2.05) is 24.3 Å². The van der Waals surface area contributed by atoms with Gasteiger partial charge in [0.15, 0.2) is 22.2 Å². The van der Waals surface area contributed by atoms with Gasteiger partial charge in [-0.1, -0.05) is 31.5 Å². The highest BCUT2D eigenvalue weighted by Gasteiger charge is 2.17. The van der Waals surface area contributed by atoms with E-state index in [2.05, 4.69) is 29.5 Å². The van der Waals surface area contributed by atoms with Gasteiger partial charge in [-0.25, -0.2) is 4.98 Å². The molecule has 5 rings (SSSR count). The molecule has 0 atom stereocenters. The summed E-state index contributed by atoms with van der Waals surface area (Å²) >= 11 is 11.7. The number of thiocarbonyl (C=S) groups is 1. The minimum absolute atomic E-state index is 0.100. The molecule has 0 radical (unpaired) electrons. The van der Waals surface area contributed by atoms with Crippen molar-refractivity contribution in [3.05, 3.63) is 70.7 Å². The largest absolute Gasteiger partial charge is 0.486 e. The molecule has 0 saturated carbocycles. The van der Waals surface area contributed by atoms with Gasteiger partial charge in [-0.05, 0) is 72.2 Å². The molecular formula is C26H22ClN3O4S. The summed E-state index contributed by atoms with van der Waals surface area (Å²) in [4.78, 5) is 17.3. The van der Waals surface area contributed by atoms with Crippen LogP contribution in [0.25, 0.3) is 22.6 Å². The van der Waals surface area contributed by atoms with Crippen LogP contribution in [0.2, 0.25) is 5.02 Å². The summed E-state index contributed by atoms with van der Waals surface area (Å²) in [7, 11) is 0. The number of fused-ring (bicyclic) bond motifs is 2. The van der Waals surface area contributed by atoms with Crippen LogP contribution in [0.15, 0.2) is 59.0 Å². The first kappa shape index (κ1) is 23.1. The number of nitrogens with one attached hydrogen (secondary N) is 2. The molecule has 3 aromatic carbocycles.